The predicted molar refractivity (Wildman–Crippen MR) is 89.9 cm³/mol. The quantitative estimate of drug-likeness (QED) is 0.744. The van der Waals surface area contributed by atoms with Crippen molar-refractivity contribution in [2.45, 2.75) is 18.9 Å². The van der Waals surface area contributed by atoms with Gasteiger partial charge in [-0.05, 0) is 29.7 Å². The Balaban J connectivity index is 1.68. The monoisotopic (exact) mass is 305 g/mol. The second kappa shape index (κ2) is 7.45. The molecule has 1 unspecified atom stereocenters. The summed E-state index contributed by atoms with van der Waals surface area (Å²) in [6.45, 7) is 0. The molecule has 0 saturated heterocycles. The molecule has 0 radical (unpaired) electrons. The summed E-state index contributed by atoms with van der Waals surface area (Å²) >= 11 is 0. The summed E-state index contributed by atoms with van der Waals surface area (Å²) in [5, 5.41) is 3.07. The van der Waals surface area contributed by atoms with Crippen LogP contribution < -0.4 is 5.32 Å². The molecular weight excluding hydrogens is 286 g/mol. The van der Waals surface area contributed by atoms with Crippen molar-refractivity contribution in [2.24, 2.45) is 0 Å². The van der Waals surface area contributed by atoms with Gasteiger partial charge in [0.05, 0.1) is 6.26 Å². The Kier molecular flexibility index (Phi) is 4.89. The van der Waals surface area contributed by atoms with Gasteiger partial charge in [0.1, 0.15) is 11.8 Å². The van der Waals surface area contributed by atoms with Crippen LogP contribution >= 0.6 is 0 Å². The van der Waals surface area contributed by atoms with Gasteiger partial charge < -0.3 is 9.73 Å². The number of benzene rings is 2. The van der Waals surface area contributed by atoms with Crippen LogP contribution in [-0.4, -0.2) is 5.91 Å². The van der Waals surface area contributed by atoms with E-state index in [4.69, 9.17) is 4.42 Å². The maximum atomic E-state index is 12.3. The van der Waals surface area contributed by atoms with Crippen molar-refractivity contribution in [1.29, 1.82) is 0 Å². The molecule has 1 heterocycles. The summed E-state index contributed by atoms with van der Waals surface area (Å²) in [7, 11) is 0. The molecule has 0 aliphatic heterocycles. The third kappa shape index (κ3) is 4.10. The SMILES string of the molecule is O=C(CCc1ccccc1)NC(c1ccccc1)c1ccco1. The van der Waals surface area contributed by atoms with Crippen molar-refractivity contribution >= 4 is 5.91 Å². The highest BCUT2D eigenvalue weighted by molar-refractivity contribution is 5.77. The average molecular weight is 305 g/mol. The first-order valence-corrected chi connectivity index (χ1v) is 7.74. The number of hydrogen-bond donors (Lipinski definition) is 1. The molecule has 0 bridgehead atoms. The van der Waals surface area contributed by atoms with Gasteiger partial charge in [0, 0.05) is 6.42 Å². The Labute approximate surface area is 136 Å². The van der Waals surface area contributed by atoms with Crippen LogP contribution in [0, 0.1) is 0 Å². The zero-order valence-electron chi connectivity index (χ0n) is 12.8. The Bertz CT molecular complexity index is 721. The normalized spacial score (nSPS) is 11.8. The van der Waals surface area contributed by atoms with Crippen LogP contribution in [0.2, 0.25) is 0 Å². The number of nitrogens with one attached hydrogen (secondary N) is 1. The van der Waals surface area contributed by atoms with Gasteiger partial charge in [-0.3, -0.25) is 4.79 Å². The Hall–Kier alpha value is -2.81. The topological polar surface area (TPSA) is 42.2 Å². The number of aryl methyl sites for hydroxylation is 1. The van der Waals surface area contributed by atoms with Crippen LogP contribution in [0.25, 0.3) is 0 Å². The zero-order valence-corrected chi connectivity index (χ0v) is 12.8. The second-order valence-corrected chi connectivity index (χ2v) is 5.41. The smallest absolute Gasteiger partial charge is 0.221 e. The van der Waals surface area contributed by atoms with Crippen LogP contribution in [0.3, 0.4) is 0 Å². The minimum Gasteiger partial charge on any atom is -0.467 e. The molecule has 3 nitrogen and oxygen atoms in total. The average Bonchev–Trinajstić information content (AvgIpc) is 3.14. The third-order valence-electron chi connectivity index (χ3n) is 3.75. The van der Waals surface area contributed by atoms with Gasteiger partial charge >= 0.3 is 0 Å². The molecule has 1 aromatic heterocycles. The van der Waals surface area contributed by atoms with E-state index in [1.54, 1.807) is 6.26 Å². The first-order chi connectivity index (χ1) is 11.3. The summed E-state index contributed by atoms with van der Waals surface area (Å²) in [5.74, 6) is 0.753. The Morgan fingerprint density at radius 2 is 1.61 bits per heavy atom. The summed E-state index contributed by atoms with van der Waals surface area (Å²) in [6.07, 6.45) is 2.81. The van der Waals surface area contributed by atoms with Crippen LogP contribution in [0.5, 0.6) is 0 Å². The largest absolute Gasteiger partial charge is 0.467 e. The molecule has 23 heavy (non-hydrogen) atoms. The van der Waals surface area contributed by atoms with Gasteiger partial charge in [-0.2, -0.15) is 0 Å². The number of amides is 1. The lowest BCUT2D eigenvalue weighted by molar-refractivity contribution is -0.121. The van der Waals surface area contributed by atoms with E-state index < -0.39 is 0 Å². The molecule has 0 saturated carbocycles. The highest BCUT2D eigenvalue weighted by Gasteiger charge is 2.18. The first-order valence-electron chi connectivity index (χ1n) is 7.74. The Morgan fingerprint density at radius 1 is 0.913 bits per heavy atom. The van der Waals surface area contributed by atoms with E-state index in [0.717, 1.165) is 23.3 Å². The molecule has 116 valence electrons. The Morgan fingerprint density at radius 3 is 2.26 bits per heavy atom. The van der Waals surface area contributed by atoms with E-state index in [-0.39, 0.29) is 11.9 Å². The van der Waals surface area contributed by atoms with Crippen molar-refractivity contribution in [3.05, 3.63) is 95.9 Å². The second-order valence-electron chi connectivity index (χ2n) is 5.41. The van der Waals surface area contributed by atoms with E-state index in [1.807, 2.05) is 72.8 Å². The summed E-state index contributed by atoms with van der Waals surface area (Å²) in [4.78, 5) is 12.3. The fourth-order valence-electron chi connectivity index (χ4n) is 2.56. The standard InChI is InChI=1S/C20H19NO2/c22-19(14-13-16-8-3-1-4-9-16)21-20(18-12-7-15-23-18)17-10-5-2-6-11-17/h1-12,15,20H,13-14H2,(H,21,22). The summed E-state index contributed by atoms with van der Waals surface area (Å²) in [6, 6.07) is 23.4. The van der Waals surface area contributed by atoms with E-state index >= 15 is 0 Å². The molecule has 0 aliphatic carbocycles. The number of furan rings is 1. The molecule has 2 aromatic carbocycles. The van der Waals surface area contributed by atoms with Gasteiger partial charge in [-0.1, -0.05) is 60.7 Å². The minimum absolute atomic E-state index is 0.0131. The fourth-order valence-corrected chi connectivity index (χ4v) is 2.56. The summed E-state index contributed by atoms with van der Waals surface area (Å²) < 4.78 is 5.50. The van der Waals surface area contributed by atoms with Crippen LogP contribution in [0.4, 0.5) is 0 Å². The van der Waals surface area contributed by atoms with Crippen LogP contribution in [-0.2, 0) is 11.2 Å². The van der Waals surface area contributed by atoms with Crippen molar-refractivity contribution in [1.82, 2.24) is 5.32 Å². The molecule has 1 amide bonds. The van der Waals surface area contributed by atoms with Crippen molar-refractivity contribution in [3.8, 4) is 0 Å². The molecule has 0 spiro atoms. The molecule has 0 fully saturated rings. The maximum Gasteiger partial charge on any atom is 0.221 e. The lowest BCUT2D eigenvalue weighted by Gasteiger charge is -2.17. The lowest BCUT2D eigenvalue weighted by atomic mass is 10.0. The van der Waals surface area contributed by atoms with Gasteiger partial charge in [0.15, 0.2) is 0 Å². The van der Waals surface area contributed by atoms with E-state index in [2.05, 4.69) is 5.32 Å². The summed E-state index contributed by atoms with van der Waals surface area (Å²) in [5.41, 5.74) is 2.17. The van der Waals surface area contributed by atoms with Gasteiger partial charge in [-0.15, -0.1) is 0 Å². The first kappa shape index (κ1) is 15.1. The molecular formula is C20H19NO2. The van der Waals surface area contributed by atoms with Crippen molar-refractivity contribution < 1.29 is 9.21 Å². The van der Waals surface area contributed by atoms with Crippen LogP contribution in [0.15, 0.2) is 83.5 Å². The molecule has 1 atom stereocenters. The van der Waals surface area contributed by atoms with Gasteiger partial charge in [0.25, 0.3) is 0 Å². The molecule has 0 aliphatic rings. The number of hydrogen-bond acceptors (Lipinski definition) is 2. The molecule has 1 N–H and O–H groups in total. The molecule has 3 aromatic rings. The lowest BCUT2D eigenvalue weighted by Crippen LogP contribution is -2.29. The fraction of sp³-hybridized carbons (Fsp3) is 0.150. The van der Waals surface area contributed by atoms with Crippen molar-refractivity contribution in [3.63, 3.8) is 0 Å². The molecule has 3 rings (SSSR count). The van der Waals surface area contributed by atoms with E-state index in [0.29, 0.717) is 6.42 Å². The van der Waals surface area contributed by atoms with E-state index in [1.165, 1.54) is 0 Å². The highest BCUT2D eigenvalue weighted by Crippen LogP contribution is 2.22. The highest BCUT2D eigenvalue weighted by atomic mass is 16.3. The van der Waals surface area contributed by atoms with Crippen molar-refractivity contribution in [2.75, 3.05) is 0 Å². The number of rotatable bonds is 6. The van der Waals surface area contributed by atoms with E-state index in [9.17, 15) is 4.79 Å². The number of carbonyl (C=O) groups excluding carboxylic acids is 1. The number of carbonyl (C=O) groups is 1. The van der Waals surface area contributed by atoms with Gasteiger partial charge in [-0.25, -0.2) is 0 Å². The molecule has 3 heteroatoms. The third-order valence-corrected chi connectivity index (χ3v) is 3.75. The predicted octanol–water partition coefficient (Wildman–Crippen LogP) is 4.12. The van der Waals surface area contributed by atoms with Crippen LogP contribution in [0.1, 0.15) is 29.3 Å². The zero-order chi connectivity index (χ0) is 15.9. The van der Waals surface area contributed by atoms with Gasteiger partial charge in [0.2, 0.25) is 5.91 Å². The maximum absolute atomic E-state index is 12.3. The minimum atomic E-state index is -0.255.